The minimum Gasteiger partial charge on any atom is -0.496 e. The average molecular weight is 398 g/mol. The Morgan fingerprint density at radius 1 is 1.25 bits per heavy atom. The molecule has 3 aromatic rings. The lowest BCUT2D eigenvalue weighted by Gasteiger charge is -2.10. The van der Waals surface area contributed by atoms with Gasteiger partial charge >= 0.3 is 0 Å². The lowest BCUT2D eigenvalue weighted by Crippen LogP contribution is -2.15. The van der Waals surface area contributed by atoms with Gasteiger partial charge in [0.05, 0.1) is 24.1 Å². The van der Waals surface area contributed by atoms with Crippen LogP contribution in [0.5, 0.6) is 5.75 Å². The minimum atomic E-state index is -0.478. The fourth-order valence-corrected chi connectivity index (χ4v) is 3.34. The Hall–Kier alpha value is -3.13. The summed E-state index contributed by atoms with van der Waals surface area (Å²) in [5.41, 5.74) is 0.942. The third-order valence-electron chi connectivity index (χ3n) is 3.86. The van der Waals surface area contributed by atoms with Crippen molar-refractivity contribution in [3.05, 3.63) is 67.0 Å². The van der Waals surface area contributed by atoms with Gasteiger partial charge in [-0.15, -0.1) is 16.8 Å². The average Bonchev–Trinajstić information content (AvgIpc) is 3.11. The van der Waals surface area contributed by atoms with Crippen molar-refractivity contribution in [3.8, 4) is 17.1 Å². The number of amides is 1. The number of allylic oxidation sites excluding steroid dienone is 1. The number of carbonyl (C=O) groups excluding carboxylic acids is 1. The van der Waals surface area contributed by atoms with Gasteiger partial charge in [0.2, 0.25) is 5.91 Å². The van der Waals surface area contributed by atoms with Crippen LogP contribution in [0.1, 0.15) is 0 Å². The molecular weight excluding hydrogens is 379 g/mol. The standard InChI is InChI=1S/C20H19FN4O2S/c1-3-12-25-19(14-8-4-7-11-17(14)27-2)23-24-20(25)28-13-18(26)22-16-10-6-5-9-15(16)21/h3-11H,1,12-13H2,2H3,(H,22,26). The molecule has 0 fully saturated rings. The number of thioether (sulfide) groups is 1. The molecule has 1 aromatic heterocycles. The Morgan fingerprint density at radius 3 is 2.75 bits per heavy atom. The second kappa shape index (κ2) is 9.18. The highest BCUT2D eigenvalue weighted by Gasteiger charge is 2.18. The Labute approximate surface area is 166 Å². The summed E-state index contributed by atoms with van der Waals surface area (Å²) in [5, 5.41) is 11.6. The molecule has 0 saturated carbocycles. The molecule has 0 radical (unpaired) electrons. The molecule has 0 spiro atoms. The molecule has 3 rings (SSSR count). The monoisotopic (exact) mass is 398 g/mol. The zero-order valence-electron chi connectivity index (χ0n) is 15.3. The van der Waals surface area contributed by atoms with E-state index in [-0.39, 0.29) is 17.3 Å². The number of nitrogens with one attached hydrogen (secondary N) is 1. The summed E-state index contributed by atoms with van der Waals surface area (Å²) in [6, 6.07) is 13.5. The van der Waals surface area contributed by atoms with Crippen molar-refractivity contribution in [1.29, 1.82) is 0 Å². The van der Waals surface area contributed by atoms with E-state index in [0.717, 1.165) is 5.56 Å². The van der Waals surface area contributed by atoms with Gasteiger partial charge in [-0.05, 0) is 24.3 Å². The van der Waals surface area contributed by atoms with Crippen molar-refractivity contribution < 1.29 is 13.9 Å². The van der Waals surface area contributed by atoms with E-state index < -0.39 is 5.82 Å². The number of hydrogen-bond acceptors (Lipinski definition) is 5. The Morgan fingerprint density at radius 2 is 2.00 bits per heavy atom. The van der Waals surface area contributed by atoms with E-state index in [1.165, 1.54) is 23.9 Å². The van der Waals surface area contributed by atoms with Gasteiger partial charge in [-0.25, -0.2) is 4.39 Å². The maximum Gasteiger partial charge on any atom is 0.234 e. The fourth-order valence-electron chi connectivity index (χ4n) is 2.60. The molecule has 0 aliphatic heterocycles. The number of benzene rings is 2. The molecule has 0 unspecified atom stereocenters. The van der Waals surface area contributed by atoms with E-state index in [1.807, 2.05) is 28.8 Å². The second-order valence-electron chi connectivity index (χ2n) is 5.72. The zero-order chi connectivity index (χ0) is 19.9. The number of hydrogen-bond donors (Lipinski definition) is 1. The topological polar surface area (TPSA) is 69.0 Å². The van der Waals surface area contributed by atoms with Crippen LogP contribution in [-0.4, -0.2) is 33.5 Å². The van der Waals surface area contributed by atoms with Gasteiger partial charge in [0.15, 0.2) is 11.0 Å². The summed E-state index contributed by atoms with van der Waals surface area (Å²) in [5.74, 6) is 0.551. The lowest BCUT2D eigenvalue weighted by molar-refractivity contribution is -0.113. The number of carbonyl (C=O) groups is 1. The summed E-state index contributed by atoms with van der Waals surface area (Å²) >= 11 is 1.22. The van der Waals surface area contributed by atoms with Crippen LogP contribution in [0.4, 0.5) is 10.1 Å². The number of anilines is 1. The first-order valence-corrected chi connectivity index (χ1v) is 9.47. The number of aromatic nitrogens is 3. The zero-order valence-corrected chi connectivity index (χ0v) is 16.1. The molecule has 0 saturated heterocycles. The molecule has 1 heterocycles. The van der Waals surface area contributed by atoms with Crippen LogP contribution < -0.4 is 10.1 Å². The summed E-state index contributed by atoms with van der Waals surface area (Å²) in [7, 11) is 1.59. The van der Waals surface area contributed by atoms with Crippen molar-refractivity contribution in [2.45, 2.75) is 11.7 Å². The Kier molecular flexibility index (Phi) is 6.44. The van der Waals surface area contributed by atoms with Gasteiger partial charge < -0.3 is 10.1 Å². The molecule has 2 aromatic carbocycles. The van der Waals surface area contributed by atoms with E-state index in [4.69, 9.17) is 4.74 Å². The normalized spacial score (nSPS) is 10.5. The van der Waals surface area contributed by atoms with E-state index in [2.05, 4.69) is 22.1 Å². The maximum absolute atomic E-state index is 13.7. The predicted molar refractivity (Wildman–Crippen MR) is 108 cm³/mol. The van der Waals surface area contributed by atoms with Crippen LogP contribution >= 0.6 is 11.8 Å². The molecule has 0 aliphatic carbocycles. The minimum absolute atomic E-state index is 0.0650. The molecule has 6 nitrogen and oxygen atoms in total. The van der Waals surface area contributed by atoms with Gasteiger partial charge in [0.1, 0.15) is 11.6 Å². The number of rotatable bonds is 8. The number of halogens is 1. The van der Waals surface area contributed by atoms with Gasteiger partial charge in [-0.1, -0.05) is 42.1 Å². The summed E-state index contributed by atoms with van der Waals surface area (Å²) in [6.07, 6.45) is 1.73. The maximum atomic E-state index is 13.7. The third kappa shape index (κ3) is 4.40. The molecular formula is C20H19FN4O2S. The van der Waals surface area contributed by atoms with Crippen LogP contribution in [-0.2, 0) is 11.3 Å². The van der Waals surface area contributed by atoms with Crippen LogP contribution in [0, 0.1) is 5.82 Å². The fraction of sp³-hybridized carbons (Fsp3) is 0.150. The first-order chi connectivity index (χ1) is 13.6. The molecule has 0 bridgehead atoms. The van der Waals surface area contributed by atoms with Crippen LogP contribution in [0.2, 0.25) is 0 Å². The smallest absolute Gasteiger partial charge is 0.234 e. The molecule has 144 valence electrons. The molecule has 1 amide bonds. The van der Waals surface area contributed by atoms with Crippen molar-refractivity contribution in [2.24, 2.45) is 0 Å². The number of methoxy groups -OCH3 is 1. The SMILES string of the molecule is C=CCn1c(SCC(=O)Nc2ccccc2F)nnc1-c1ccccc1OC. The first-order valence-electron chi connectivity index (χ1n) is 8.48. The van der Waals surface area contributed by atoms with Crippen LogP contribution in [0.25, 0.3) is 11.4 Å². The highest BCUT2D eigenvalue weighted by molar-refractivity contribution is 7.99. The number of nitrogens with zero attached hydrogens (tertiary/aromatic N) is 3. The first kappa shape index (κ1) is 19.6. The van der Waals surface area contributed by atoms with Crippen molar-refractivity contribution in [3.63, 3.8) is 0 Å². The molecule has 28 heavy (non-hydrogen) atoms. The highest BCUT2D eigenvalue weighted by Crippen LogP contribution is 2.31. The number of para-hydroxylation sites is 2. The number of ether oxygens (including phenoxy) is 1. The van der Waals surface area contributed by atoms with E-state index in [9.17, 15) is 9.18 Å². The van der Waals surface area contributed by atoms with Gasteiger partial charge in [0, 0.05) is 6.54 Å². The second-order valence-corrected chi connectivity index (χ2v) is 6.66. The van der Waals surface area contributed by atoms with Gasteiger partial charge in [-0.3, -0.25) is 9.36 Å². The van der Waals surface area contributed by atoms with Crippen molar-refractivity contribution in [1.82, 2.24) is 14.8 Å². The quantitative estimate of drug-likeness (QED) is 0.459. The van der Waals surface area contributed by atoms with E-state index in [1.54, 1.807) is 25.3 Å². The third-order valence-corrected chi connectivity index (χ3v) is 4.82. The predicted octanol–water partition coefficient (Wildman–Crippen LogP) is 4.01. The van der Waals surface area contributed by atoms with Crippen LogP contribution in [0.15, 0.2) is 66.3 Å². The summed E-state index contributed by atoms with van der Waals surface area (Å²) in [4.78, 5) is 12.2. The van der Waals surface area contributed by atoms with Gasteiger partial charge in [0.25, 0.3) is 0 Å². The molecule has 0 atom stereocenters. The molecule has 1 N–H and O–H groups in total. The van der Waals surface area contributed by atoms with Crippen LogP contribution in [0.3, 0.4) is 0 Å². The van der Waals surface area contributed by atoms with Crippen molar-refractivity contribution >= 4 is 23.4 Å². The Balaban J connectivity index is 1.77. The molecule has 8 heteroatoms. The van der Waals surface area contributed by atoms with E-state index in [0.29, 0.717) is 23.3 Å². The Bertz CT molecular complexity index is 990. The highest BCUT2D eigenvalue weighted by atomic mass is 32.2. The van der Waals surface area contributed by atoms with Crippen molar-refractivity contribution in [2.75, 3.05) is 18.2 Å². The van der Waals surface area contributed by atoms with Gasteiger partial charge in [-0.2, -0.15) is 0 Å². The molecule has 0 aliphatic rings. The largest absolute Gasteiger partial charge is 0.496 e. The lowest BCUT2D eigenvalue weighted by atomic mass is 10.2. The summed E-state index contributed by atoms with van der Waals surface area (Å²) < 4.78 is 20.9. The summed E-state index contributed by atoms with van der Waals surface area (Å²) in [6.45, 7) is 4.25. The van der Waals surface area contributed by atoms with E-state index >= 15 is 0 Å².